The fourth-order valence-electron chi connectivity index (χ4n) is 2.38. The van der Waals surface area contributed by atoms with Crippen molar-refractivity contribution >= 4 is 21.6 Å². The third kappa shape index (κ3) is 4.91. The molecule has 0 fully saturated rings. The van der Waals surface area contributed by atoms with E-state index in [-0.39, 0.29) is 16.7 Å². The van der Waals surface area contributed by atoms with Crippen LogP contribution in [0.4, 0.5) is 5.69 Å². The van der Waals surface area contributed by atoms with Gasteiger partial charge < -0.3 is 5.32 Å². The van der Waals surface area contributed by atoms with E-state index in [4.69, 9.17) is 0 Å². The summed E-state index contributed by atoms with van der Waals surface area (Å²) >= 11 is 0. The van der Waals surface area contributed by atoms with Crippen LogP contribution in [-0.4, -0.2) is 20.9 Å². The van der Waals surface area contributed by atoms with Crippen LogP contribution >= 0.6 is 0 Å². The summed E-state index contributed by atoms with van der Waals surface area (Å²) in [6.45, 7) is 4.05. The lowest BCUT2D eigenvalue weighted by Crippen LogP contribution is -2.23. The molecule has 2 N–H and O–H groups in total. The van der Waals surface area contributed by atoms with Gasteiger partial charge in [0, 0.05) is 18.7 Å². The van der Waals surface area contributed by atoms with Gasteiger partial charge in [0.05, 0.1) is 4.90 Å². The Kier molecular flexibility index (Phi) is 6.11. The first-order valence-corrected chi connectivity index (χ1v) is 9.35. The molecule has 0 saturated heterocycles. The molecule has 0 aliphatic carbocycles. The standard InChI is InChI=1S/C18H22N2O3S/c1-3-19-24(22,23)17-11-9-16(10-12-17)20-18(21)13-14(2)15-7-5-4-6-8-15/h4-12,14,19H,3,13H2,1-2H3,(H,20,21)/t14-/m1/s1. The van der Waals surface area contributed by atoms with E-state index in [0.29, 0.717) is 18.7 Å². The number of carbonyl (C=O) groups is 1. The summed E-state index contributed by atoms with van der Waals surface area (Å²) in [6, 6.07) is 16.0. The van der Waals surface area contributed by atoms with Gasteiger partial charge in [-0.05, 0) is 35.7 Å². The average Bonchev–Trinajstić information content (AvgIpc) is 2.56. The van der Waals surface area contributed by atoms with E-state index >= 15 is 0 Å². The van der Waals surface area contributed by atoms with Crippen molar-refractivity contribution in [2.45, 2.75) is 31.1 Å². The largest absolute Gasteiger partial charge is 0.326 e. The van der Waals surface area contributed by atoms with Crippen molar-refractivity contribution in [1.29, 1.82) is 0 Å². The summed E-state index contributed by atoms with van der Waals surface area (Å²) in [6.07, 6.45) is 0.363. The van der Waals surface area contributed by atoms with E-state index in [1.807, 2.05) is 37.3 Å². The highest BCUT2D eigenvalue weighted by molar-refractivity contribution is 7.89. The Morgan fingerprint density at radius 2 is 1.67 bits per heavy atom. The highest BCUT2D eigenvalue weighted by atomic mass is 32.2. The van der Waals surface area contributed by atoms with E-state index in [9.17, 15) is 13.2 Å². The van der Waals surface area contributed by atoms with Crippen molar-refractivity contribution in [2.24, 2.45) is 0 Å². The molecular weight excluding hydrogens is 324 g/mol. The number of hydrogen-bond acceptors (Lipinski definition) is 3. The monoisotopic (exact) mass is 346 g/mol. The van der Waals surface area contributed by atoms with Crippen molar-refractivity contribution in [3.63, 3.8) is 0 Å². The Bertz CT molecular complexity index is 772. The Morgan fingerprint density at radius 1 is 1.04 bits per heavy atom. The highest BCUT2D eigenvalue weighted by Gasteiger charge is 2.14. The van der Waals surface area contributed by atoms with Crippen LogP contribution in [0.2, 0.25) is 0 Å². The summed E-state index contributed by atoms with van der Waals surface area (Å²) in [4.78, 5) is 12.3. The normalized spacial score (nSPS) is 12.6. The van der Waals surface area contributed by atoms with Crippen LogP contribution in [0.3, 0.4) is 0 Å². The molecule has 2 aromatic carbocycles. The van der Waals surface area contributed by atoms with Crippen molar-refractivity contribution in [2.75, 3.05) is 11.9 Å². The van der Waals surface area contributed by atoms with Crippen molar-refractivity contribution in [1.82, 2.24) is 4.72 Å². The van der Waals surface area contributed by atoms with E-state index < -0.39 is 10.0 Å². The highest BCUT2D eigenvalue weighted by Crippen LogP contribution is 2.20. The van der Waals surface area contributed by atoms with Crippen molar-refractivity contribution < 1.29 is 13.2 Å². The zero-order valence-electron chi connectivity index (χ0n) is 13.8. The number of anilines is 1. The number of nitrogens with one attached hydrogen (secondary N) is 2. The fraction of sp³-hybridized carbons (Fsp3) is 0.278. The van der Waals surface area contributed by atoms with Crippen LogP contribution in [-0.2, 0) is 14.8 Å². The summed E-state index contributed by atoms with van der Waals surface area (Å²) in [5.74, 6) is 0.00764. The summed E-state index contributed by atoms with van der Waals surface area (Å²) in [5, 5.41) is 2.80. The first kappa shape index (κ1) is 18.2. The minimum Gasteiger partial charge on any atom is -0.326 e. The molecular formula is C18H22N2O3S. The molecule has 0 aliphatic heterocycles. The molecule has 1 atom stereocenters. The van der Waals surface area contributed by atoms with Gasteiger partial charge in [-0.25, -0.2) is 13.1 Å². The zero-order chi connectivity index (χ0) is 17.6. The second kappa shape index (κ2) is 8.08. The van der Waals surface area contributed by atoms with E-state index in [1.54, 1.807) is 19.1 Å². The molecule has 0 bridgehead atoms. The summed E-state index contributed by atoms with van der Waals surface area (Å²) in [7, 11) is -3.47. The maximum atomic E-state index is 12.1. The van der Waals surface area contributed by atoms with Gasteiger partial charge in [-0.1, -0.05) is 44.2 Å². The predicted molar refractivity (Wildman–Crippen MR) is 95.4 cm³/mol. The Morgan fingerprint density at radius 3 is 2.25 bits per heavy atom. The Hall–Kier alpha value is -2.18. The van der Waals surface area contributed by atoms with E-state index in [2.05, 4.69) is 10.0 Å². The SMILES string of the molecule is CCNS(=O)(=O)c1ccc(NC(=O)C[C@@H](C)c2ccccc2)cc1. The van der Waals surface area contributed by atoms with Gasteiger partial charge in [0.1, 0.15) is 0 Å². The third-order valence-electron chi connectivity index (χ3n) is 3.64. The molecule has 1 amide bonds. The number of hydrogen-bond donors (Lipinski definition) is 2. The number of rotatable bonds is 7. The first-order chi connectivity index (χ1) is 11.4. The van der Waals surface area contributed by atoms with Gasteiger partial charge >= 0.3 is 0 Å². The van der Waals surface area contributed by atoms with Gasteiger partial charge in [0.25, 0.3) is 0 Å². The summed E-state index contributed by atoms with van der Waals surface area (Å²) < 4.78 is 26.2. The maximum Gasteiger partial charge on any atom is 0.240 e. The topological polar surface area (TPSA) is 75.3 Å². The quantitative estimate of drug-likeness (QED) is 0.809. The molecule has 2 rings (SSSR count). The number of carbonyl (C=O) groups excluding carboxylic acids is 1. The molecule has 6 heteroatoms. The minimum absolute atomic E-state index is 0.103. The summed E-state index contributed by atoms with van der Waals surface area (Å²) in [5.41, 5.74) is 1.69. The van der Waals surface area contributed by atoms with Gasteiger partial charge in [-0.15, -0.1) is 0 Å². The van der Waals surface area contributed by atoms with Crippen LogP contribution in [0, 0.1) is 0 Å². The second-order valence-corrected chi connectivity index (χ2v) is 7.36. The van der Waals surface area contributed by atoms with E-state index in [1.165, 1.54) is 12.1 Å². The van der Waals surface area contributed by atoms with Crippen LogP contribution in [0.5, 0.6) is 0 Å². The lowest BCUT2D eigenvalue weighted by Gasteiger charge is -2.12. The molecule has 0 heterocycles. The van der Waals surface area contributed by atoms with E-state index in [0.717, 1.165) is 5.56 Å². The Balaban J connectivity index is 1.97. The number of sulfonamides is 1. The Labute approximate surface area is 143 Å². The van der Waals surface area contributed by atoms with Gasteiger partial charge in [-0.2, -0.15) is 0 Å². The van der Waals surface area contributed by atoms with Gasteiger partial charge in [0.2, 0.25) is 15.9 Å². The molecule has 0 unspecified atom stereocenters. The zero-order valence-corrected chi connectivity index (χ0v) is 14.6. The molecule has 5 nitrogen and oxygen atoms in total. The molecule has 0 saturated carbocycles. The molecule has 0 radical (unpaired) electrons. The number of amides is 1. The fourth-order valence-corrected chi connectivity index (χ4v) is 3.42. The lowest BCUT2D eigenvalue weighted by atomic mass is 9.97. The van der Waals surface area contributed by atoms with Crippen molar-refractivity contribution in [3.05, 3.63) is 60.2 Å². The molecule has 0 aliphatic rings. The minimum atomic E-state index is -3.47. The van der Waals surface area contributed by atoms with Crippen LogP contribution < -0.4 is 10.0 Å². The van der Waals surface area contributed by atoms with Gasteiger partial charge in [-0.3, -0.25) is 4.79 Å². The van der Waals surface area contributed by atoms with Crippen LogP contribution in [0.1, 0.15) is 31.7 Å². The van der Waals surface area contributed by atoms with Crippen LogP contribution in [0.15, 0.2) is 59.5 Å². The molecule has 0 spiro atoms. The smallest absolute Gasteiger partial charge is 0.240 e. The molecule has 2 aromatic rings. The van der Waals surface area contributed by atoms with Crippen LogP contribution in [0.25, 0.3) is 0 Å². The lowest BCUT2D eigenvalue weighted by molar-refractivity contribution is -0.116. The third-order valence-corrected chi connectivity index (χ3v) is 5.20. The first-order valence-electron chi connectivity index (χ1n) is 7.87. The molecule has 24 heavy (non-hydrogen) atoms. The van der Waals surface area contributed by atoms with Crippen molar-refractivity contribution in [3.8, 4) is 0 Å². The molecule has 0 aromatic heterocycles. The van der Waals surface area contributed by atoms with Gasteiger partial charge in [0.15, 0.2) is 0 Å². The number of benzene rings is 2. The maximum absolute atomic E-state index is 12.1. The average molecular weight is 346 g/mol. The predicted octanol–water partition coefficient (Wildman–Crippen LogP) is 3.12. The second-order valence-electron chi connectivity index (χ2n) is 5.59. The molecule has 128 valence electrons.